The molecule has 0 aliphatic carbocycles. The molecule has 1 rings (SSSR count). The number of ether oxygens (including phenoxy) is 1. The third kappa shape index (κ3) is 2.82. The largest absolute Gasteiger partial charge is 0.495 e. The second-order valence-corrected chi connectivity index (χ2v) is 2.91. The molecule has 2 N–H and O–H groups in total. The Morgan fingerprint density at radius 3 is 2.60 bits per heavy atom. The van der Waals surface area contributed by atoms with Gasteiger partial charge in [0.05, 0.1) is 18.4 Å². The predicted octanol–water partition coefficient (Wildman–Crippen LogP) is 1.61. The summed E-state index contributed by atoms with van der Waals surface area (Å²) < 4.78 is 41.7. The summed E-state index contributed by atoms with van der Waals surface area (Å²) in [6.07, 6.45) is -3.23. The number of aromatic nitrogens is 1. The lowest BCUT2D eigenvalue weighted by atomic mass is 10.2. The van der Waals surface area contributed by atoms with E-state index >= 15 is 0 Å². The summed E-state index contributed by atoms with van der Waals surface area (Å²) in [5.41, 5.74) is 4.91. The van der Waals surface area contributed by atoms with Gasteiger partial charge in [0, 0.05) is 12.6 Å². The van der Waals surface area contributed by atoms with Crippen molar-refractivity contribution in [2.75, 3.05) is 13.7 Å². The molecule has 0 atom stereocenters. The Morgan fingerprint density at radius 2 is 2.13 bits per heavy atom. The molecule has 0 spiro atoms. The van der Waals surface area contributed by atoms with E-state index in [1.165, 1.54) is 7.11 Å². The van der Waals surface area contributed by atoms with Gasteiger partial charge < -0.3 is 10.5 Å². The molecule has 0 unspecified atom stereocenters. The van der Waals surface area contributed by atoms with E-state index in [1.54, 1.807) is 0 Å². The van der Waals surface area contributed by atoms with Crippen LogP contribution in [0.5, 0.6) is 5.75 Å². The maximum atomic E-state index is 12.3. The van der Waals surface area contributed by atoms with E-state index in [-0.39, 0.29) is 5.75 Å². The van der Waals surface area contributed by atoms with Gasteiger partial charge in [0.2, 0.25) is 0 Å². The van der Waals surface area contributed by atoms with Gasteiger partial charge in [0.15, 0.2) is 0 Å². The van der Waals surface area contributed by atoms with Gasteiger partial charge in [-0.1, -0.05) is 0 Å². The van der Waals surface area contributed by atoms with E-state index in [4.69, 9.17) is 10.5 Å². The predicted molar refractivity (Wildman–Crippen MR) is 48.5 cm³/mol. The van der Waals surface area contributed by atoms with Crippen LogP contribution in [0.2, 0.25) is 0 Å². The van der Waals surface area contributed by atoms with Crippen molar-refractivity contribution in [1.82, 2.24) is 4.98 Å². The number of hydrogen-bond acceptors (Lipinski definition) is 3. The van der Waals surface area contributed by atoms with Crippen molar-refractivity contribution in [3.05, 3.63) is 23.5 Å². The highest BCUT2D eigenvalue weighted by molar-refractivity contribution is 5.33. The summed E-state index contributed by atoms with van der Waals surface area (Å²) >= 11 is 0. The number of methoxy groups -OCH3 is 1. The molecule has 0 fully saturated rings. The Morgan fingerprint density at radius 1 is 1.47 bits per heavy atom. The lowest BCUT2D eigenvalue weighted by Crippen LogP contribution is -2.10. The molecule has 0 saturated heterocycles. The summed E-state index contributed by atoms with van der Waals surface area (Å²) in [6.45, 7) is 0.314. The normalized spacial score (nSPS) is 11.5. The lowest BCUT2D eigenvalue weighted by Gasteiger charge is -2.10. The van der Waals surface area contributed by atoms with Crippen molar-refractivity contribution in [3.63, 3.8) is 0 Å². The van der Waals surface area contributed by atoms with Gasteiger partial charge >= 0.3 is 6.18 Å². The smallest absolute Gasteiger partial charge is 0.418 e. The van der Waals surface area contributed by atoms with Crippen LogP contribution in [-0.4, -0.2) is 18.6 Å². The Labute approximate surface area is 85.1 Å². The summed E-state index contributed by atoms with van der Waals surface area (Å²) in [5, 5.41) is 0. The quantitative estimate of drug-likeness (QED) is 0.841. The minimum absolute atomic E-state index is 0.121. The first kappa shape index (κ1) is 11.8. The summed E-state index contributed by atoms with van der Waals surface area (Å²) in [6, 6.07) is 0.929. The standard InChI is InChI=1S/C9H11F3N2O/c1-15-8-4-6(9(10,11)12)5-14-7(8)2-3-13/h4-5H,2-3,13H2,1H3. The molecule has 1 aromatic rings. The molecule has 3 nitrogen and oxygen atoms in total. The van der Waals surface area contributed by atoms with Gasteiger partial charge in [-0.05, 0) is 12.6 Å². The molecular formula is C9H11F3N2O. The zero-order chi connectivity index (χ0) is 11.5. The molecule has 0 aromatic carbocycles. The van der Waals surface area contributed by atoms with Crippen molar-refractivity contribution in [1.29, 1.82) is 0 Å². The number of hydrogen-bond donors (Lipinski definition) is 1. The molecule has 0 saturated carbocycles. The third-order valence-corrected chi connectivity index (χ3v) is 1.86. The second kappa shape index (κ2) is 4.48. The Hall–Kier alpha value is -1.30. The molecular weight excluding hydrogens is 209 g/mol. The van der Waals surface area contributed by atoms with E-state index < -0.39 is 11.7 Å². The second-order valence-electron chi connectivity index (χ2n) is 2.91. The van der Waals surface area contributed by atoms with E-state index in [0.29, 0.717) is 18.7 Å². The molecule has 1 heterocycles. The molecule has 6 heteroatoms. The minimum Gasteiger partial charge on any atom is -0.495 e. The third-order valence-electron chi connectivity index (χ3n) is 1.86. The number of pyridine rings is 1. The topological polar surface area (TPSA) is 48.1 Å². The van der Waals surface area contributed by atoms with Gasteiger partial charge in [0.1, 0.15) is 5.75 Å². The molecule has 0 aliphatic heterocycles. The van der Waals surface area contributed by atoms with E-state index in [9.17, 15) is 13.2 Å². The van der Waals surface area contributed by atoms with Crippen molar-refractivity contribution in [2.24, 2.45) is 5.73 Å². The highest BCUT2D eigenvalue weighted by Gasteiger charge is 2.31. The van der Waals surface area contributed by atoms with Crippen LogP contribution < -0.4 is 10.5 Å². The first-order valence-electron chi connectivity index (χ1n) is 4.29. The number of halogens is 3. The lowest BCUT2D eigenvalue weighted by molar-refractivity contribution is -0.137. The molecule has 0 amide bonds. The average molecular weight is 220 g/mol. The van der Waals surface area contributed by atoms with Crippen LogP contribution in [0, 0.1) is 0 Å². The van der Waals surface area contributed by atoms with Gasteiger partial charge in [-0.2, -0.15) is 13.2 Å². The number of nitrogens with two attached hydrogens (primary N) is 1. The van der Waals surface area contributed by atoms with Crippen LogP contribution in [0.1, 0.15) is 11.3 Å². The Kier molecular flexibility index (Phi) is 3.52. The highest BCUT2D eigenvalue weighted by atomic mass is 19.4. The molecule has 1 aromatic heterocycles. The molecule has 84 valence electrons. The molecule has 15 heavy (non-hydrogen) atoms. The fourth-order valence-electron chi connectivity index (χ4n) is 1.13. The van der Waals surface area contributed by atoms with E-state index in [2.05, 4.69) is 4.98 Å². The maximum absolute atomic E-state index is 12.3. The maximum Gasteiger partial charge on any atom is 0.418 e. The van der Waals surface area contributed by atoms with Crippen molar-refractivity contribution in [3.8, 4) is 5.75 Å². The van der Waals surface area contributed by atoms with Crippen LogP contribution in [0.15, 0.2) is 12.3 Å². The average Bonchev–Trinajstić information content (AvgIpc) is 2.17. The molecule has 0 radical (unpaired) electrons. The van der Waals surface area contributed by atoms with Gasteiger partial charge in [-0.25, -0.2) is 0 Å². The first-order chi connectivity index (χ1) is 6.99. The number of alkyl halides is 3. The molecule has 0 bridgehead atoms. The van der Waals surface area contributed by atoms with Crippen LogP contribution in [0.3, 0.4) is 0 Å². The summed E-state index contributed by atoms with van der Waals surface area (Å²) in [4.78, 5) is 3.68. The van der Waals surface area contributed by atoms with Crippen LogP contribution >= 0.6 is 0 Å². The van der Waals surface area contributed by atoms with Crippen LogP contribution in [-0.2, 0) is 12.6 Å². The Bertz CT molecular complexity index is 339. The van der Waals surface area contributed by atoms with Crippen molar-refractivity contribution < 1.29 is 17.9 Å². The van der Waals surface area contributed by atoms with Crippen molar-refractivity contribution in [2.45, 2.75) is 12.6 Å². The van der Waals surface area contributed by atoms with Crippen LogP contribution in [0.4, 0.5) is 13.2 Å². The van der Waals surface area contributed by atoms with Gasteiger partial charge in [-0.3, -0.25) is 4.98 Å². The summed E-state index contributed by atoms with van der Waals surface area (Å²) in [7, 11) is 1.30. The highest BCUT2D eigenvalue weighted by Crippen LogP contribution is 2.31. The number of nitrogens with zero attached hydrogens (tertiary/aromatic N) is 1. The van der Waals surface area contributed by atoms with E-state index in [0.717, 1.165) is 12.3 Å². The zero-order valence-corrected chi connectivity index (χ0v) is 8.14. The Balaban J connectivity index is 3.08. The fourth-order valence-corrected chi connectivity index (χ4v) is 1.13. The number of rotatable bonds is 3. The van der Waals surface area contributed by atoms with E-state index in [1.807, 2.05) is 0 Å². The summed E-state index contributed by atoms with van der Waals surface area (Å²) in [5.74, 6) is 0.121. The van der Waals surface area contributed by atoms with Gasteiger partial charge in [-0.15, -0.1) is 0 Å². The SMILES string of the molecule is COc1cc(C(F)(F)F)cnc1CCN. The minimum atomic E-state index is -4.40. The van der Waals surface area contributed by atoms with Crippen molar-refractivity contribution >= 4 is 0 Å². The van der Waals surface area contributed by atoms with Crippen LogP contribution in [0.25, 0.3) is 0 Å². The van der Waals surface area contributed by atoms with Gasteiger partial charge in [0.25, 0.3) is 0 Å². The monoisotopic (exact) mass is 220 g/mol. The fraction of sp³-hybridized carbons (Fsp3) is 0.444. The first-order valence-corrected chi connectivity index (χ1v) is 4.29. The molecule has 0 aliphatic rings. The zero-order valence-electron chi connectivity index (χ0n) is 8.14.